The van der Waals surface area contributed by atoms with Crippen molar-refractivity contribution in [3.63, 3.8) is 0 Å². The number of piperazine rings is 1. The Balaban J connectivity index is 1.26. The van der Waals surface area contributed by atoms with Crippen LogP contribution in [0.2, 0.25) is 0 Å². The first kappa shape index (κ1) is 23.1. The number of benzene rings is 1. The van der Waals surface area contributed by atoms with Gasteiger partial charge in [0.1, 0.15) is 0 Å². The molecule has 0 aliphatic carbocycles. The topological polar surface area (TPSA) is 82.6 Å². The predicted octanol–water partition coefficient (Wildman–Crippen LogP) is 2.31. The van der Waals surface area contributed by atoms with E-state index in [1.54, 1.807) is 0 Å². The minimum absolute atomic E-state index is 0.0289. The molecule has 2 aromatic rings. The van der Waals surface area contributed by atoms with Crippen LogP contribution in [-0.4, -0.2) is 79.4 Å². The van der Waals surface area contributed by atoms with E-state index in [-0.39, 0.29) is 28.4 Å². The van der Waals surface area contributed by atoms with Crippen LogP contribution in [0.3, 0.4) is 0 Å². The smallest absolute Gasteiger partial charge is 0.234 e. The van der Waals surface area contributed by atoms with Gasteiger partial charge in [0.25, 0.3) is 0 Å². The predicted molar refractivity (Wildman–Crippen MR) is 131 cm³/mol. The number of carbonyl (C=O) groups excluding carboxylic acids is 1. The third-order valence-electron chi connectivity index (χ3n) is 6.00. The van der Waals surface area contributed by atoms with Crippen LogP contribution >= 0.6 is 11.8 Å². The van der Waals surface area contributed by atoms with Crippen LogP contribution in [0.25, 0.3) is 0 Å². The van der Waals surface area contributed by atoms with E-state index in [1.165, 1.54) is 17.3 Å². The van der Waals surface area contributed by atoms with Crippen LogP contribution in [-0.2, 0) is 21.1 Å². The van der Waals surface area contributed by atoms with Gasteiger partial charge in [-0.15, -0.1) is 11.8 Å². The summed E-state index contributed by atoms with van der Waals surface area (Å²) in [5.41, 5.74) is 3.18. The second-order valence-electron chi connectivity index (χ2n) is 8.34. The number of amides is 1. The molecule has 1 amide bonds. The summed E-state index contributed by atoms with van der Waals surface area (Å²) < 4.78 is 23.2. The Hall–Kier alpha value is -2.10. The minimum atomic E-state index is -2.91. The lowest BCUT2D eigenvalue weighted by atomic mass is 10.1. The normalized spacial score (nSPS) is 20.9. The van der Waals surface area contributed by atoms with Gasteiger partial charge >= 0.3 is 0 Å². The molecule has 1 aromatic carbocycles. The number of sulfone groups is 1. The second-order valence-corrected chi connectivity index (χ2v) is 11.9. The van der Waals surface area contributed by atoms with Gasteiger partial charge in [-0.3, -0.25) is 14.7 Å². The van der Waals surface area contributed by atoms with E-state index in [2.05, 4.69) is 38.3 Å². The van der Waals surface area contributed by atoms with Gasteiger partial charge in [-0.05, 0) is 42.7 Å². The highest BCUT2D eigenvalue weighted by Gasteiger charge is 2.28. The summed E-state index contributed by atoms with van der Waals surface area (Å²) in [5.74, 6) is 0.622. The van der Waals surface area contributed by atoms with Gasteiger partial charge in [-0.1, -0.05) is 12.1 Å². The third kappa shape index (κ3) is 6.46. The molecule has 0 spiro atoms. The number of aromatic nitrogens is 1. The summed E-state index contributed by atoms with van der Waals surface area (Å²) in [7, 11) is -2.91. The first-order valence-electron chi connectivity index (χ1n) is 11.1. The number of rotatable bonds is 8. The molecule has 2 aliphatic rings. The maximum Gasteiger partial charge on any atom is 0.234 e. The minimum Gasteiger partial charge on any atom is -0.367 e. The molecule has 1 aromatic heterocycles. The molecule has 0 saturated carbocycles. The molecular formula is C23H30N4O3S2. The zero-order chi connectivity index (χ0) is 22.4. The van der Waals surface area contributed by atoms with Crippen LogP contribution in [0.4, 0.5) is 11.4 Å². The molecule has 172 valence electrons. The Bertz CT molecular complexity index is 1010. The molecule has 2 aliphatic heterocycles. The molecule has 9 heteroatoms. The third-order valence-corrected chi connectivity index (χ3v) is 9.28. The summed E-state index contributed by atoms with van der Waals surface area (Å²) in [6, 6.07) is 12.1. The average molecular weight is 475 g/mol. The van der Waals surface area contributed by atoms with E-state index in [9.17, 15) is 13.2 Å². The van der Waals surface area contributed by atoms with Crippen LogP contribution in [0.1, 0.15) is 12.0 Å². The Morgan fingerprint density at radius 2 is 1.84 bits per heavy atom. The van der Waals surface area contributed by atoms with Crippen LogP contribution < -0.4 is 10.2 Å². The second kappa shape index (κ2) is 10.7. The molecule has 4 rings (SSSR count). The van der Waals surface area contributed by atoms with Crippen molar-refractivity contribution < 1.29 is 13.2 Å². The quantitative estimate of drug-likeness (QED) is 0.629. The van der Waals surface area contributed by atoms with Crippen LogP contribution in [0.5, 0.6) is 0 Å². The highest BCUT2D eigenvalue weighted by atomic mass is 32.2. The lowest BCUT2D eigenvalue weighted by Crippen LogP contribution is -2.47. The lowest BCUT2D eigenvalue weighted by molar-refractivity contribution is -0.113. The number of para-hydroxylation sites is 2. The molecule has 7 nitrogen and oxygen atoms in total. The fraction of sp³-hybridized carbons (Fsp3) is 0.478. The van der Waals surface area contributed by atoms with Gasteiger partial charge in [-0.2, -0.15) is 0 Å². The zero-order valence-corrected chi connectivity index (χ0v) is 19.8. The maximum absolute atomic E-state index is 12.5. The van der Waals surface area contributed by atoms with Crippen molar-refractivity contribution in [1.82, 2.24) is 9.88 Å². The standard InChI is InChI=1S/C23H30N4O3S2/c28-23(17-31-20-8-16-32(29,30)18-20)25-21-3-1-2-4-22(21)27-14-12-26(13-15-27)11-7-19-5-9-24-10-6-19/h1-6,9-10,20H,7-8,11-18H2,(H,25,28)/t20-/m1/s1. The SMILES string of the molecule is O=C(CS[C@@H]1CCS(=O)(=O)C1)Nc1ccccc1N1CCN(CCc2ccncc2)CC1. The number of nitrogens with one attached hydrogen (secondary N) is 1. The molecule has 0 bridgehead atoms. The van der Waals surface area contributed by atoms with Crippen LogP contribution in [0.15, 0.2) is 48.8 Å². The highest BCUT2D eigenvalue weighted by Crippen LogP contribution is 2.28. The molecule has 1 N–H and O–H groups in total. The van der Waals surface area contributed by atoms with Crippen molar-refractivity contribution in [3.8, 4) is 0 Å². The first-order chi connectivity index (χ1) is 15.5. The van der Waals surface area contributed by atoms with Gasteiger partial charge in [0, 0.05) is 50.4 Å². The monoisotopic (exact) mass is 474 g/mol. The van der Waals surface area contributed by atoms with Crippen molar-refractivity contribution in [2.45, 2.75) is 18.1 Å². The zero-order valence-electron chi connectivity index (χ0n) is 18.2. The Labute approximate surface area is 194 Å². The van der Waals surface area contributed by atoms with E-state index in [4.69, 9.17) is 0 Å². The van der Waals surface area contributed by atoms with E-state index >= 15 is 0 Å². The summed E-state index contributed by atoms with van der Waals surface area (Å²) in [6.07, 6.45) is 5.34. The summed E-state index contributed by atoms with van der Waals surface area (Å²) in [5, 5.41) is 3.07. The van der Waals surface area contributed by atoms with Crippen molar-refractivity contribution in [2.24, 2.45) is 0 Å². The lowest BCUT2D eigenvalue weighted by Gasteiger charge is -2.37. The molecule has 0 unspecified atom stereocenters. The summed E-state index contributed by atoms with van der Waals surface area (Å²) >= 11 is 1.44. The van der Waals surface area contributed by atoms with Gasteiger partial charge in [0.2, 0.25) is 5.91 Å². The number of thioether (sulfide) groups is 1. The number of pyridine rings is 1. The van der Waals surface area contributed by atoms with Gasteiger partial charge in [-0.25, -0.2) is 8.42 Å². The maximum atomic E-state index is 12.5. The number of hydrogen-bond acceptors (Lipinski definition) is 7. The molecule has 0 radical (unpaired) electrons. The fourth-order valence-electron chi connectivity index (χ4n) is 4.18. The van der Waals surface area contributed by atoms with E-state index in [0.29, 0.717) is 6.42 Å². The summed E-state index contributed by atoms with van der Waals surface area (Å²) in [4.78, 5) is 21.4. The number of hydrogen-bond donors (Lipinski definition) is 1. The Kier molecular flexibility index (Phi) is 7.70. The molecule has 3 heterocycles. The fourth-order valence-corrected chi connectivity index (χ4v) is 7.62. The largest absolute Gasteiger partial charge is 0.367 e. The molecule has 2 fully saturated rings. The average Bonchev–Trinajstić information content (AvgIpc) is 3.16. The molecular weight excluding hydrogens is 444 g/mol. The Morgan fingerprint density at radius 1 is 1.09 bits per heavy atom. The van der Waals surface area contributed by atoms with Crippen molar-refractivity contribution in [2.75, 3.05) is 60.2 Å². The van der Waals surface area contributed by atoms with E-state index < -0.39 is 9.84 Å². The van der Waals surface area contributed by atoms with Gasteiger partial charge in [0.15, 0.2) is 9.84 Å². The number of anilines is 2. The summed E-state index contributed by atoms with van der Waals surface area (Å²) in [6.45, 7) is 4.83. The first-order valence-corrected chi connectivity index (χ1v) is 13.9. The number of nitrogens with zero attached hydrogens (tertiary/aromatic N) is 3. The molecule has 32 heavy (non-hydrogen) atoms. The molecule has 2 saturated heterocycles. The highest BCUT2D eigenvalue weighted by molar-refractivity contribution is 8.02. The molecule has 1 atom stereocenters. The van der Waals surface area contributed by atoms with E-state index in [0.717, 1.165) is 50.5 Å². The Morgan fingerprint density at radius 3 is 2.56 bits per heavy atom. The van der Waals surface area contributed by atoms with Crippen LogP contribution in [0, 0.1) is 0 Å². The van der Waals surface area contributed by atoms with Crippen molar-refractivity contribution in [1.29, 1.82) is 0 Å². The van der Waals surface area contributed by atoms with Gasteiger partial charge in [0.05, 0.1) is 28.6 Å². The van der Waals surface area contributed by atoms with Crippen molar-refractivity contribution >= 4 is 38.9 Å². The van der Waals surface area contributed by atoms with E-state index in [1.807, 2.05) is 30.6 Å². The van der Waals surface area contributed by atoms with Crippen molar-refractivity contribution in [3.05, 3.63) is 54.4 Å². The number of carbonyl (C=O) groups is 1. The van der Waals surface area contributed by atoms with Gasteiger partial charge < -0.3 is 10.2 Å².